The van der Waals surface area contributed by atoms with Gasteiger partial charge in [0.2, 0.25) is 5.91 Å². The second-order valence-corrected chi connectivity index (χ2v) is 7.13. The summed E-state index contributed by atoms with van der Waals surface area (Å²) in [7, 11) is 0. The first-order valence-electron chi connectivity index (χ1n) is 8.28. The van der Waals surface area contributed by atoms with E-state index in [1.807, 2.05) is 42.5 Å². The predicted molar refractivity (Wildman–Crippen MR) is 114 cm³/mol. The molecule has 3 aromatic rings. The third-order valence-electron chi connectivity index (χ3n) is 3.80. The van der Waals surface area contributed by atoms with Crippen LogP contribution in [0.15, 0.2) is 66.7 Å². The van der Waals surface area contributed by atoms with Crippen LogP contribution < -0.4 is 16.2 Å². The summed E-state index contributed by atoms with van der Waals surface area (Å²) in [6, 6.07) is 20.4. The van der Waals surface area contributed by atoms with Gasteiger partial charge in [-0.2, -0.15) is 0 Å². The maximum atomic E-state index is 13.5. The molecule has 0 radical (unpaired) electrons. The molecule has 4 nitrogen and oxygen atoms in total. The first kappa shape index (κ1) is 19.1. The molecule has 138 valence electrons. The molecule has 0 bridgehead atoms. The molecule has 0 aliphatic carbocycles. The van der Waals surface area contributed by atoms with E-state index in [1.165, 1.54) is 17.8 Å². The van der Waals surface area contributed by atoms with Crippen molar-refractivity contribution in [1.82, 2.24) is 10.9 Å². The second kappa shape index (κ2) is 9.34. The third kappa shape index (κ3) is 5.42. The van der Waals surface area contributed by atoms with Crippen LogP contribution in [0.4, 0.5) is 10.1 Å². The third-order valence-corrected chi connectivity index (χ3v) is 4.99. The average molecular weight is 400 g/mol. The molecule has 0 fully saturated rings. The highest BCUT2D eigenvalue weighted by molar-refractivity contribution is 7.99. The van der Waals surface area contributed by atoms with E-state index in [-0.39, 0.29) is 17.5 Å². The lowest BCUT2D eigenvalue weighted by molar-refractivity contribution is -0.119. The number of rotatable bonds is 5. The van der Waals surface area contributed by atoms with E-state index in [2.05, 4.69) is 16.2 Å². The Kier molecular flexibility index (Phi) is 6.62. The van der Waals surface area contributed by atoms with Crippen molar-refractivity contribution in [3.05, 3.63) is 78.1 Å². The van der Waals surface area contributed by atoms with E-state index in [9.17, 15) is 9.18 Å². The molecule has 0 atom stereocenters. The molecular formula is C20H18FN3OS2. The van der Waals surface area contributed by atoms with Gasteiger partial charge in [-0.05, 0) is 35.3 Å². The van der Waals surface area contributed by atoms with Gasteiger partial charge in [0, 0.05) is 16.8 Å². The van der Waals surface area contributed by atoms with Crippen LogP contribution in [0, 0.1) is 5.82 Å². The maximum absolute atomic E-state index is 13.5. The molecule has 3 N–H and O–H groups in total. The monoisotopic (exact) mass is 399 g/mol. The van der Waals surface area contributed by atoms with Crippen LogP contribution in [0.25, 0.3) is 10.8 Å². The van der Waals surface area contributed by atoms with Crippen LogP contribution in [0.1, 0.15) is 5.56 Å². The Bertz CT molecular complexity index is 959. The molecule has 0 aliphatic rings. The number of hydrogen-bond donors (Lipinski definition) is 3. The molecule has 0 saturated heterocycles. The zero-order valence-electron chi connectivity index (χ0n) is 14.4. The Balaban J connectivity index is 1.44. The lowest BCUT2D eigenvalue weighted by Crippen LogP contribution is -2.44. The van der Waals surface area contributed by atoms with Crippen molar-refractivity contribution in [1.29, 1.82) is 0 Å². The van der Waals surface area contributed by atoms with Crippen LogP contribution in [-0.2, 0) is 10.5 Å². The van der Waals surface area contributed by atoms with Gasteiger partial charge >= 0.3 is 0 Å². The quantitative estimate of drug-likeness (QED) is 0.443. The lowest BCUT2D eigenvalue weighted by Gasteiger charge is -2.13. The van der Waals surface area contributed by atoms with Crippen LogP contribution in [0.5, 0.6) is 0 Å². The van der Waals surface area contributed by atoms with E-state index in [0.717, 1.165) is 16.5 Å². The molecule has 3 aromatic carbocycles. The number of hydrogen-bond acceptors (Lipinski definition) is 3. The zero-order valence-corrected chi connectivity index (χ0v) is 16.0. The second-order valence-electron chi connectivity index (χ2n) is 5.74. The number of nitrogens with one attached hydrogen (secondary N) is 3. The Labute approximate surface area is 166 Å². The first-order chi connectivity index (χ1) is 13.1. The molecule has 0 saturated carbocycles. The Morgan fingerprint density at radius 1 is 0.963 bits per heavy atom. The minimum atomic E-state index is -0.260. The number of carbonyl (C=O) groups is 1. The molecule has 7 heteroatoms. The standard InChI is InChI=1S/C20H18FN3OS2/c21-17-10-4-2-7-15(17)12-27-13-19(25)23-24-20(26)22-18-11-5-8-14-6-1-3-9-16(14)18/h1-11H,12-13H2,(H,23,25)(H2,22,24,26). The van der Waals surface area contributed by atoms with Gasteiger partial charge in [0.05, 0.1) is 5.75 Å². The van der Waals surface area contributed by atoms with Crippen molar-refractivity contribution in [2.45, 2.75) is 5.75 Å². The fourth-order valence-corrected chi connectivity index (χ4v) is 3.49. The number of anilines is 1. The van der Waals surface area contributed by atoms with Gasteiger partial charge in [0.15, 0.2) is 5.11 Å². The minimum Gasteiger partial charge on any atom is -0.331 e. The molecule has 3 rings (SSSR count). The highest BCUT2D eigenvalue weighted by atomic mass is 32.2. The van der Waals surface area contributed by atoms with Crippen molar-refractivity contribution >= 4 is 51.5 Å². The van der Waals surface area contributed by atoms with Crippen LogP contribution >= 0.6 is 24.0 Å². The van der Waals surface area contributed by atoms with Gasteiger partial charge in [-0.3, -0.25) is 15.6 Å². The minimum absolute atomic E-state index is 0.193. The van der Waals surface area contributed by atoms with E-state index < -0.39 is 0 Å². The average Bonchev–Trinajstić information content (AvgIpc) is 2.68. The van der Waals surface area contributed by atoms with Crippen molar-refractivity contribution in [2.75, 3.05) is 11.1 Å². The lowest BCUT2D eigenvalue weighted by atomic mass is 10.1. The topological polar surface area (TPSA) is 53.2 Å². The SMILES string of the molecule is O=C(CSCc1ccccc1F)NNC(=S)Nc1cccc2ccccc12. The van der Waals surface area contributed by atoms with E-state index in [4.69, 9.17) is 12.2 Å². The summed E-state index contributed by atoms with van der Waals surface area (Å²) in [5.74, 6) is 0.124. The number of thiocarbonyl (C=S) groups is 1. The molecule has 0 unspecified atom stereocenters. The fourth-order valence-electron chi connectivity index (χ4n) is 2.52. The summed E-state index contributed by atoms with van der Waals surface area (Å²) in [6.07, 6.45) is 0. The summed E-state index contributed by atoms with van der Waals surface area (Å²) in [5, 5.41) is 5.50. The molecule has 0 spiro atoms. The Morgan fingerprint density at radius 2 is 1.70 bits per heavy atom. The van der Waals surface area contributed by atoms with Gasteiger partial charge in [0.1, 0.15) is 5.82 Å². The molecule has 0 aliphatic heterocycles. The number of fused-ring (bicyclic) bond motifs is 1. The summed E-state index contributed by atoms with van der Waals surface area (Å²) in [4.78, 5) is 11.9. The van der Waals surface area contributed by atoms with Crippen LogP contribution in [0.3, 0.4) is 0 Å². The maximum Gasteiger partial charge on any atom is 0.248 e. The fraction of sp³-hybridized carbons (Fsp3) is 0.100. The van der Waals surface area contributed by atoms with Crippen molar-refractivity contribution in [3.8, 4) is 0 Å². The van der Waals surface area contributed by atoms with Gasteiger partial charge in [-0.25, -0.2) is 4.39 Å². The molecular weight excluding hydrogens is 381 g/mol. The van der Waals surface area contributed by atoms with E-state index >= 15 is 0 Å². The number of hydrazine groups is 1. The number of carbonyl (C=O) groups excluding carboxylic acids is 1. The predicted octanol–water partition coefficient (Wildman–Crippen LogP) is 4.23. The Hall–Kier alpha value is -2.64. The molecule has 0 heterocycles. The number of halogens is 1. The van der Waals surface area contributed by atoms with Gasteiger partial charge < -0.3 is 5.32 Å². The largest absolute Gasteiger partial charge is 0.331 e. The first-order valence-corrected chi connectivity index (χ1v) is 9.84. The smallest absolute Gasteiger partial charge is 0.248 e. The van der Waals surface area contributed by atoms with Crippen LogP contribution in [-0.4, -0.2) is 16.8 Å². The normalized spacial score (nSPS) is 10.4. The van der Waals surface area contributed by atoms with Crippen molar-refractivity contribution in [3.63, 3.8) is 0 Å². The summed E-state index contributed by atoms with van der Waals surface area (Å²) in [5.41, 5.74) is 6.67. The molecule has 0 aromatic heterocycles. The van der Waals surface area contributed by atoms with E-state index in [0.29, 0.717) is 16.4 Å². The van der Waals surface area contributed by atoms with E-state index in [1.54, 1.807) is 18.2 Å². The molecule has 27 heavy (non-hydrogen) atoms. The van der Waals surface area contributed by atoms with Crippen molar-refractivity contribution in [2.24, 2.45) is 0 Å². The Morgan fingerprint density at radius 3 is 2.56 bits per heavy atom. The highest BCUT2D eigenvalue weighted by Gasteiger charge is 2.06. The summed E-state index contributed by atoms with van der Waals surface area (Å²) >= 11 is 6.56. The summed E-state index contributed by atoms with van der Waals surface area (Å²) in [6.45, 7) is 0. The molecule has 1 amide bonds. The van der Waals surface area contributed by atoms with Gasteiger partial charge in [-0.15, -0.1) is 11.8 Å². The van der Waals surface area contributed by atoms with Crippen molar-refractivity contribution < 1.29 is 9.18 Å². The number of thioether (sulfide) groups is 1. The number of amides is 1. The zero-order chi connectivity index (χ0) is 19.1. The van der Waals surface area contributed by atoms with Gasteiger partial charge in [0.25, 0.3) is 0 Å². The van der Waals surface area contributed by atoms with Crippen LogP contribution in [0.2, 0.25) is 0 Å². The highest BCUT2D eigenvalue weighted by Crippen LogP contribution is 2.22. The van der Waals surface area contributed by atoms with Gasteiger partial charge in [-0.1, -0.05) is 54.6 Å². The summed E-state index contributed by atoms with van der Waals surface area (Å²) < 4.78 is 13.5. The number of benzene rings is 3.